The van der Waals surface area contributed by atoms with Crippen LogP contribution in [0.5, 0.6) is 5.75 Å². The Balaban J connectivity index is 1.83. The Morgan fingerprint density at radius 2 is 1.70 bits per heavy atom. The molecular formula is C27H18Cl3F3N2O5. The second kappa shape index (κ2) is 11.8. The maximum Gasteiger partial charge on any atom is 0.416 e. The van der Waals surface area contributed by atoms with Crippen LogP contribution >= 0.6 is 34.8 Å². The van der Waals surface area contributed by atoms with Crippen LogP contribution in [0.25, 0.3) is 22.6 Å². The number of aromatic nitrogens is 1. The highest BCUT2D eigenvalue weighted by molar-refractivity contribution is 6.35. The first-order chi connectivity index (χ1) is 18.9. The summed E-state index contributed by atoms with van der Waals surface area (Å²) >= 11 is 18.6. The summed E-state index contributed by atoms with van der Waals surface area (Å²) in [5.74, 6) is -1.84. The number of carboxylic acids is 1. The summed E-state index contributed by atoms with van der Waals surface area (Å²) in [6, 6.07) is 12.8. The molecule has 0 aliphatic heterocycles. The number of hydrogen-bond acceptors (Lipinski definition) is 5. The number of aliphatic carboxylic acids is 1. The van der Waals surface area contributed by atoms with Gasteiger partial charge in [0.2, 0.25) is 0 Å². The molecule has 0 radical (unpaired) electrons. The van der Waals surface area contributed by atoms with Crippen molar-refractivity contribution >= 4 is 46.7 Å². The molecule has 4 rings (SSSR count). The van der Waals surface area contributed by atoms with Crippen LogP contribution in [0.15, 0.2) is 65.2 Å². The van der Waals surface area contributed by atoms with Gasteiger partial charge in [-0.2, -0.15) is 18.2 Å². The quantitative estimate of drug-likeness (QED) is 0.202. The van der Waals surface area contributed by atoms with E-state index in [4.69, 9.17) is 49.3 Å². The Hall–Kier alpha value is -3.73. The molecule has 1 amide bonds. The maximum atomic E-state index is 13.9. The van der Waals surface area contributed by atoms with E-state index in [9.17, 15) is 22.8 Å². The SMILES string of the molecule is CCN(Oc1ccc(Cl)cc1Cl)C(=O)c1c(-c2ccc(CC(=O)O)cc2Cl)noc1-c1ccc(C(F)(F)F)cc1. The largest absolute Gasteiger partial charge is 0.481 e. The van der Waals surface area contributed by atoms with Crippen LogP contribution < -0.4 is 4.84 Å². The molecule has 1 heterocycles. The zero-order valence-corrected chi connectivity index (χ0v) is 22.7. The third-order valence-electron chi connectivity index (χ3n) is 5.64. The van der Waals surface area contributed by atoms with Gasteiger partial charge in [-0.15, -0.1) is 0 Å². The number of alkyl halides is 3. The normalized spacial score (nSPS) is 11.4. The second-order valence-corrected chi connectivity index (χ2v) is 9.61. The van der Waals surface area contributed by atoms with Gasteiger partial charge in [0.15, 0.2) is 11.5 Å². The maximum absolute atomic E-state index is 13.9. The Morgan fingerprint density at radius 1 is 1.00 bits per heavy atom. The molecule has 3 aromatic carbocycles. The highest BCUT2D eigenvalue weighted by Crippen LogP contribution is 2.39. The number of carboxylic acid groups (broad SMARTS) is 1. The van der Waals surface area contributed by atoms with Crippen molar-refractivity contribution in [3.63, 3.8) is 0 Å². The first-order valence-electron chi connectivity index (χ1n) is 11.5. The second-order valence-electron chi connectivity index (χ2n) is 8.36. The Labute approximate surface area is 240 Å². The minimum atomic E-state index is -4.57. The van der Waals surface area contributed by atoms with Gasteiger partial charge in [0.25, 0.3) is 5.91 Å². The number of carbonyl (C=O) groups is 2. The van der Waals surface area contributed by atoms with Crippen LogP contribution in [0.1, 0.15) is 28.4 Å². The number of benzene rings is 3. The summed E-state index contributed by atoms with van der Waals surface area (Å²) in [6.07, 6.45) is -4.86. The molecule has 1 aromatic heterocycles. The molecule has 0 spiro atoms. The van der Waals surface area contributed by atoms with Gasteiger partial charge in [0, 0.05) is 16.1 Å². The average molecular weight is 614 g/mol. The molecule has 0 saturated heterocycles. The number of halogens is 6. The van der Waals surface area contributed by atoms with E-state index in [0.29, 0.717) is 10.6 Å². The minimum Gasteiger partial charge on any atom is -0.481 e. The van der Waals surface area contributed by atoms with Crippen molar-refractivity contribution in [2.24, 2.45) is 0 Å². The molecule has 208 valence electrons. The number of amides is 1. The van der Waals surface area contributed by atoms with Gasteiger partial charge in [-0.25, -0.2) is 0 Å². The molecular weight excluding hydrogens is 596 g/mol. The summed E-state index contributed by atoms with van der Waals surface area (Å²) in [4.78, 5) is 30.7. The number of hydrogen-bond donors (Lipinski definition) is 1. The molecule has 0 unspecified atom stereocenters. The lowest BCUT2D eigenvalue weighted by Gasteiger charge is -2.22. The fraction of sp³-hybridized carbons (Fsp3) is 0.148. The molecule has 0 saturated carbocycles. The number of nitrogens with zero attached hydrogens (tertiary/aromatic N) is 2. The lowest BCUT2D eigenvalue weighted by atomic mass is 9.99. The molecule has 0 fully saturated rings. The van der Waals surface area contributed by atoms with Gasteiger partial charge in [0.05, 0.1) is 28.6 Å². The molecule has 7 nitrogen and oxygen atoms in total. The molecule has 0 bridgehead atoms. The van der Waals surface area contributed by atoms with Gasteiger partial charge >= 0.3 is 12.1 Å². The third kappa shape index (κ3) is 6.35. The molecule has 4 aromatic rings. The van der Waals surface area contributed by atoms with Crippen molar-refractivity contribution in [1.29, 1.82) is 0 Å². The fourth-order valence-electron chi connectivity index (χ4n) is 3.76. The van der Waals surface area contributed by atoms with E-state index in [1.165, 1.54) is 36.4 Å². The Morgan fingerprint density at radius 3 is 2.27 bits per heavy atom. The first kappa shape index (κ1) is 29.3. The summed E-state index contributed by atoms with van der Waals surface area (Å²) in [7, 11) is 0. The lowest BCUT2D eigenvalue weighted by molar-refractivity contribution is -0.138. The van der Waals surface area contributed by atoms with Crippen LogP contribution in [0, 0.1) is 0 Å². The number of rotatable bonds is 8. The van der Waals surface area contributed by atoms with Gasteiger partial charge in [-0.1, -0.05) is 64.2 Å². The Bertz CT molecular complexity index is 1570. The van der Waals surface area contributed by atoms with Crippen molar-refractivity contribution in [1.82, 2.24) is 10.2 Å². The van der Waals surface area contributed by atoms with Crippen LogP contribution in [0.3, 0.4) is 0 Å². The first-order valence-corrected chi connectivity index (χ1v) is 12.6. The van der Waals surface area contributed by atoms with Crippen LogP contribution in [-0.2, 0) is 17.4 Å². The van der Waals surface area contributed by atoms with Crippen molar-refractivity contribution in [3.8, 4) is 28.3 Å². The van der Waals surface area contributed by atoms with E-state index in [-0.39, 0.29) is 56.9 Å². The summed E-state index contributed by atoms with van der Waals surface area (Å²) in [6.45, 7) is 1.64. The van der Waals surface area contributed by atoms with Crippen molar-refractivity contribution in [3.05, 3.63) is 92.4 Å². The lowest BCUT2D eigenvalue weighted by Crippen LogP contribution is -2.34. The molecule has 1 N–H and O–H groups in total. The standard InChI is InChI=1S/C27H18Cl3F3N2O5/c1-2-35(40-21-10-8-17(28)13-20(21)30)26(38)23-24(18-9-3-14(11-19(18)29)12-22(36)37)34-39-25(23)15-4-6-16(7-5-15)27(31,32)33/h3-11,13H,2,12H2,1H3,(H,36,37). The molecule has 0 atom stereocenters. The van der Waals surface area contributed by atoms with Crippen LogP contribution in [0.4, 0.5) is 13.2 Å². The average Bonchev–Trinajstić information content (AvgIpc) is 3.32. The number of hydroxylamine groups is 2. The molecule has 0 aliphatic rings. The topological polar surface area (TPSA) is 92.9 Å². The fourth-order valence-corrected chi connectivity index (χ4v) is 4.49. The molecule has 13 heteroatoms. The van der Waals surface area contributed by atoms with Crippen molar-refractivity contribution in [2.45, 2.75) is 19.5 Å². The third-order valence-corrected chi connectivity index (χ3v) is 6.48. The predicted octanol–water partition coefficient (Wildman–Crippen LogP) is 8.07. The number of carbonyl (C=O) groups excluding carboxylic acids is 1. The monoisotopic (exact) mass is 612 g/mol. The van der Waals surface area contributed by atoms with E-state index >= 15 is 0 Å². The molecule has 40 heavy (non-hydrogen) atoms. The zero-order chi connectivity index (χ0) is 29.2. The summed E-state index contributed by atoms with van der Waals surface area (Å²) in [5.41, 5.74) is -0.320. The summed E-state index contributed by atoms with van der Waals surface area (Å²) in [5, 5.41) is 14.6. The molecule has 0 aliphatic carbocycles. The highest BCUT2D eigenvalue weighted by atomic mass is 35.5. The van der Waals surface area contributed by atoms with E-state index in [2.05, 4.69) is 5.16 Å². The van der Waals surface area contributed by atoms with Crippen molar-refractivity contribution < 1.29 is 37.2 Å². The van der Waals surface area contributed by atoms with Gasteiger partial charge in [0.1, 0.15) is 11.3 Å². The van der Waals surface area contributed by atoms with E-state index in [1.807, 2.05) is 0 Å². The van der Waals surface area contributed by atoms with Crippen molar-refractivity contribution in [2.75, 3.05) is 6.54 Å². The van der Waals surface area contributed by atoms with Crippen LogP contribution in [0.2, 0.25) is 15.1 Å². The van der Waals surface area contributed by atoms with E-state index < -0.39 is 23.6 Å². The Kier molecular flexibility index (Phi) is 8.62. The van der Waals surface area contributed by atoms with E-state index in [0.717, 1.165) is 29.3 Å². The highest BCUT2D eigenvalue weighted by Gasteiger charge is 2.33. The smallest absolute Gasteiger partial charge is 0.416 e. The van der Waals surface area contributed by atoms with Gasteiger partial charge in [-0.05, 0) is 48.9 Å². The minimum absolute atomic E-state index is 0.0140. The van der Waals surface area contributed by atoms with E-state index in [1.54, 1.807) is 6.92 Å². The predicted molar refractivity (Wildman–Crippen MR) is 143 cm³/mol. The summed E-state index contributed by atoms with van der Waals surface area (Å²) < 4.78 is 44.9. The van der Waals surface area contributed by atoms with Gasteiger partial charge < -0.3 is 14.5 Å². The van der Waals surface area contributed by atoms with Gasteiger partial charge in [-0.3, -0.25) is 9.59 Å². The zero-order valence-electron chi connectivity index (χ0n) is 20.4. The van der Waals surface area contributed by atoms with Crippen LogP contribution in [-0.4, -0.2) is 33.7 Å².